The number of phosphoric ester groups is 2. The van der Waals surface area contributed by atoms with E-state index in [1.807, 2.05) is 0 Å². The van der Waals surface area contributed by atoms with Gasteiger partial charge in [0.15, 0.2) is 17.1 Å². The van der Waals surface area contributed by atoms with Crippen molar-refractivity contribution in [1.29, 1.82) is 0 Å². The normalized spacial score (nSPS) is 29.3. The fourth-order valence-electron chi connectivity index (χ4n) is 6.98. The third kappa shape index (κ3) is 8.56. The minimum absolute atomic E-state index is 0.0474. The summed E-state index contributed by atoms with van der Waals surface area (Å²) >= 11 is 0. The van der Waals surface area contributed by atoms with Gasteiger partial charge in [0.2, 0.25) is 5.95 Å². The lowest BCUT2D eigenvalue weighted by Gasteiger charge is -2.24. The lowest BCUT2D eigenvalue weighted by Crippen LogP contribution is -2.33. The summed E-state index contributed by atoms with van der Waals surface area (Å²) in [5.74, 6) is 0.0687. The number of aryl methyl sites for hydroxylation is 1. The molecule has 8 rings (SSSR count). The molecular weight excluding hydrogens is 830 g/mol. The first-order valence-electron chi connectivity index (χ1n) is 17.8. The van der Waals surface area contributed by atoms with Gasteiger partial charge in [-0.3, -0.25) is 41.6 Å². The molecule has 3 aliphatic heterocycles. The van der Waals surface area contributed by atoms with Gasteiger partial charge >= 0.3 is 21.3 Å². The highest BCUT2D eigenvalue weighted by atomic mass is 31.2. The van der Waals surface area contributed by atoms with Crippen LogP contribution in [0.3, 0.4) is 0 Å². The van der Waals surface area contributed by atoms with E-state index in [9.17, 15) is 38.7 Å². The number of phosphoric acid groups is 2. The molecule has 5 aromatic rings. The number of anilines is 2. The van der Waals surface area contributed by atoms with Crippen LogP contribution in [0.2, 0.25) is 0 Å². The van der Waals surface area contributed by atoms with Crippen LogP contribution in [0.5, 0.6) is 0 Å². The number of H-pyrrole nitrogens is 1. The number of fused-ring (bicyclic) bond motifs is 2. The third-order valence-electron chi connectivity index (χ3n) is 9.88. The van der Waals surface area contributed by atoms with Crippen LogP contribution in [0.4, 0.5) is 11.8 Å². The second-order valence-electron chi connectivity index (χ2n) is 13.8. The number of aliphatic hydroxyl groups excluding tert-OH is 2. The number of nitrogens with zero attached hydrogens (tertiary/aromatic N) is 9. The lowest BCUT2D eigenvalue weighted by molar-refractivity contribution is -0.0604. The topological polar surface area (TPSA) is 374 Å². The van der Waals surface area contributed by atoms with Crippen LogP contribution in [0.1, 0.15) is 43.5 Å². The molecule has 5 aromatic heterocycles. The van der Waals surface area contributed by atoms with Crippen molar-refractivity contribution in [2.75, 3.05) is 31.3 Å². The van der Waals surface area contributed by atoms with E-state index in [4.69, 9.17) is 43.8 Å². The van der Waals surface area contributed by atoms with Gasteiger partial charge in [0.1, 0.15) is 66.6 Å². The summed E-state index contributed by atoms with van der Waals surface area (Å²) in [5.41, 5.74) is 11.7. The number of ether oxygens (including phenoxy) is 3. The zero-order valence-corrected chi connectivity index (χ0v) is 32.5. The molecule has 29 heteroatoms. The van der Waals surface area contributed by atoms with Crippen LogP contribution < -0.4 is 22.7 Å². The van der Waals surface area contributed by atoms with Crippen molar-refractivity contribution in [3.63, 3.8) is 0 Å². The lowest BCUT2D eigenvalue weighted by atomic mass is 10.2. The summed E-state index contributed by atoms with van der Waals surface area (Å²) in [7, 11) is -10.0. The Morgan fingerprint density at radius 3 is 2.17 bits per heavy atom. The third-order valence-corrected chi connectivity index (χ3v) is 11.9. The SMILES string of the molecule is Cc1cn([C@H]2C[C@H](OP(=O)(O)OC[C@H]3O[C@@H](n4cnc5cnc(N)nc54)C[C@@H]3OP(=O)(O)OC[C@H]3O[C@@H](n4cnc5c(N)ncnc54)C[C@@H]3O)[C@@H](CO)O2)c(=O)[nH]c1=O. The molecule has 0 saturated carbocycles. The van der Waals surface area contributed by atoms with Crippen molar-refractivity contribution in [2.24, 2.45) is 0 Å². The highest BCUT2D eigenvalue weighted by molar-refractivity contribution is 7.47. The molecule has 0 radical (unpaired) electrons. The van der Waals surface area contributed by atoms with Gasteiger partial charge in [0.05, 0.1) is 44.8 Å². The van der Waals surface area contributed by atoms with Crippen molar-refractivity contribution in [3.8, 4) is 0 Å². The van der Waals surface area contributed by atoms with Crippen molar-refractivity contribution in [3.05, 3.63) is 57.8 Å². The molecule has 0 aromatic carbocycles. The molecule has 3 fully saturated rings. The first kappa shape index (κ1) is 41.1. The molecule has 3 aliphatic rings. The smallest absolute Gasteiger partial charge is 0.394 e. The van der Waals surface area contributed by atoms with Gasteiger partial charge in [-0.05, 0) is 6.92 Å². The summed E-state index contributed by atoms with van der Waals surface area (Å²) in [6.07, 6.45) is -3.95. The molecule has 59 heavy (non-hydrogen) atoms. The van der Waals surface area contributed by atoms with Gasteiger partial charge in [-0.25, -0.2) is 38.8 Å². The molecule has 2 unspecified atom stereocenters. The predicted octanol–water partition coefficient (Wildman–Crippen LogP) is -1.09. The number of hydrogen-bond acceptors (Lipinski definition) is 21. The molecule has 9 N–H and O–H groups in total. The number of hydrogen-bond donors (Lipinski definition) is 7. The Labute approximate surface area is 330 Å². The fraction of sp³-hybridized carbons (Fsp3) is 0.533. The molecule has 0 bridgehead atoms. The van der Waals surface area contributed by atoms with Crippen LogP contribution in [-0.2, 0) is 41.4 Å². The monoisotopic (exact) mass is 868 g/mol. The number of aromatic nitrogens is 10. The number of aliphatic hydroxyl groups is 2. The maximum absolute atomic E-state index is 13.4. The van der Waals surface area contributed by atoms with Gasteiger partial charge < -0.3 is 45.7 Å². The van der Waals surface area contributed by atoms with Crippen LogP contribution in [0.15, 0.2) is 41.0 Å². The van der Waals surface area contributed by atoms with Crippen LogP contribution >= 0.6 is 15.6 Å². The van der Waals surface area contributed by atoms with Gasteiger partial charge in [-0.2, -0.15) is 4.98 Å². The minimum Gasteiger partial charge on any atom is -0.394 e. The Kier molecular flexibility index (Phi) is 11.2. The standard InChI is InChI=1S/C30H38N12O15P2/c1-13-6-40(30(46)39-28(13)45)22-3-16(18(7-43)53-22)56-59(49,50)52-9-20-17(4-23(55-20)41-11-36-14-5-33-29(32)38-26(14)41)57-58(47,48)51-8-19-15(44)2-21(54-19)42-12-37-24-25(31)34-10-35-27(24)42/h5-6,10-12,15-23,43-44H,2-4,7-9H2,1H3,(H,47,48)(H,49,50)(H2,31,34,35)(H2,32,33,38)(H,39,45,46)/t15-,16-,17-,18+,19+,20+,21+,22+,23+/m0/s1. The van der Waals surface area contributed by atoms with Crippen molar-refractivity contribution in [2.45, 2.75) is 81.5 Å². The van der Waals surface area contributed by atoms with Gasteiger partial charge in [-0.1, -0.05) is 0 Å². The number of nitrogens with two attached hydrogens (primary N) is 2. The maximum Gasteiger partial charge on any atom is 0.472 e. The van der Waals surface area contributed by atoms with E-state index >= 15 is 0 Å². The number of rotatable bonds is 14. The van der Waals surface area contributed by atoms with Gasteiger partial charge in [0, 0.05) is 31.0 Å². The van der Waals surface area contributed by atoms with Crippen LogP contribution in [0, 0.1) is 6.92 Å². The molecular formula is C30H38N12O15P2. The number of nitrogens with one attached hydrogen (secondary N) is 1. The summed E-state index contributed by atoms with van der Waals surface area (Å²) in [5, 5.41) is 20.7. The van der Waals surface area contributed by atoms with E-state index in [1.165, 1.54) is 47.4 Å². The van der Waals surface area contributed by atoms with E-state index in [1.54, 1.807) is 0 Å². The van der Waals surface area contributed by atoms with E-state index in [2.05, 4.69) is 34.9 Å². The summed E-state index contributed by atoms with van der Waals surface area (Å²) in [6.45, 7) is -0.561. The highest BCUT2D eigenvalue weighted by Crippen LogP contribution is 2.52. The second-order valence-corrected chi connectivity index (χ2v) is 16.6. The molecule has 8 heterocycles. The second kappa shape index (κ2) is 16.1. The minimum atomic E-state index is -5.03. The molecule has 27 nitrogen and oxygen atoms in total. The Balaban J connectivity index is 0.946. The van der Waals surface area contributed by atoms with Crippen LogP contribution in [0.25, 0.3) is 22.3 Å². The molecule has 11 atom stereocenters. The van der Waals surface area contributed by atoms with Crippen molar-refractivity contribution < 1.29 is 61.4 Å². The molecule has 0 amide bonds. The molecule has 0 aliphatic carbocycles. The van der Waals surface area contributed by atoms with Gasteiger partial charge in [0.25, 0.3) is 5.56 Å². The average Bonchev–Trinajstić information content (AvgIpc) is 4.02. The first-order valence-corrected chi connectivity index (χ1v) is 20.8. The number of nitrogen functional groups attached to an aromatic ring is 2. The quantitative estimate of drug-likeness (QED) is 0.0652. The Bertz CT molecular complexity index is 2570. The number of imidazole rings is 2. The average molecular weight is 869 g/mol. The predicted molar refractivity (Wildman–Crippen MR) is 196 cm³/mol. The van der Waals surface area contributed by atoms with Gasteiger partial charge in [-0.15, -0.1) is 0 Å². The summed E-state index contributed by atoms with van der Waals surface area (Å²) in [6, 6.07) is 0. The van der Waals surface area contributed by atoms with E-state index in [-0.39, 0.29) is 42.2 Å². The van der Waals surface area contributed by atoms with E-state index in [0.717, 1.165) is 4.57 Å². The van der Waals surface area contributed by atoms with Crippen molar-refractivity contribution in [1.82, 2.24) is 48.6 Å². The highest BCUT2D eigenvalue weighted by Gasteiger charge is 2.46. The van der Waals surface area contributed by atoms with Crippen LogP contribution in [-0.4, -0.2) is 125 Å². The molecule has 318 valence electrons. The van der Waals surface area contributed by atoms with E-state index in [0.29, 0.717) is 16.7 Å². The Hall–Kier alpha value is -4.60. The first-order chi connectivity index (χ1) is 28.1. The Morgan fingerprint density at radius 2 is 1.44 bits per heavy atom. The van der Waals surface area contributed by atoms with Crippen molar-refractivity contribution >= 4 is 49.7 Å². The number of aromatic amines is 1. The zero-order valence-electron chi connectivity index (χ0n) is 30.7. The Morgan fingerprint density at radius 1 is 0.831 bits per heavy atom. The fourth-order valence-corrected chi connectivity index (χ4v) is 8.90. The molecule has 0 spiro atoms. The summed E-state index contributed by atoms with van der Waals surface area (Å²) < 4.78 is 70.0. The maximum atomic E-state index is 13.4. The largest absolute Gasteiger partial charge is 0.472 e. The van der Waals surface area contributed by atoms with E-state index < -0.39 is 102 Å². The zero-order chi connectivity index (χ0) is 41.8. The molecule has 3 saturated heterocycles. The summed E-state index contributed by atoms with van der Waals surface area (Å²) in [4.78, 5) is 72.7.